The number of benzene rings is 2. The Morgan fingerprint density at radius 2 is 1.52 bits per heavy atom. The monoisotopic (exact) mass is 450 g/mol. The molecule has 3 aromatic rings. The van der Waals surface area contributed by atoms with Crippen LogP contribution in [0.3, 0.4) is 0 Å². The highest BCUT2D eigenvalue weighted by Crippen LogP contribution is 2.35. The average molecular weight is 450 g/mol. The van der Waals surface area contributed by atoms with E-state index in [0.717, 1.165) is 10.9 Å². The Balaban J connectivity index is 1.69. The van der Waals surface area contributed by atoms with Crippen LogP contribution in [-0.4, -0.2) is 44.8 Å². The van der Waals surface area contributed by atoms with E-state index in [9.17, 15) is 14.4 Å². The van der Waals surface area contributed by atoms with Crippen molar-refractivity contribution < 1.29 is 23.8 Å². The fourth-order valence-corrected chi connectivity index (χ4v) is 3.59. The Labute approximate surface area is 188 Å². The van der Waals surface area contributed by atoms with E-state index in [4.69, 9.17) is 19.9 Å². The van der Waals surface area contributed by atoms with Crippen molar-refractivity contribution in [2.24, 2.45) is 0 Å². The molecule has 10 nitrogen and oxygen atoms in total. The Bertz CT molecular complexity index is 1180. The maximum absolute atomic E-state index is 12.9. The van der Waals surface area contributed by atoms with Crippen LogP contribution in [0.15, 0.2) is 71.8 Å². The molecule has 4 rings (SSSR count). The SMILES string of the molecule is CC[C@H]1O[C@@H](n2cnc(N)nc2=O)C(OC(=O)c2ccccc2)[C@@H]1OC(=O)c1ccccc1. The van der Waals surface area contributed by atoms with Crippen molar-refractivity contribution in [3.8, 4) is 0 Å². The number of esters is 2. The van der Waals surface area contributed by atoms with Gasteiger partial charge in [-0.05, 0) is 30.7 Å². The number of nitrogens with zero attached hydrogens (tertiary/aromatic N) is 3. The van der Waals surface area contributed by atoms with E-state index in [1.807, 2.05) is 6.92 Å². The molecule has 2 heterocycles. The highest BCUT2D eigenvalue weighted by atomic mass is 16.6. The topological polar surface area (TPSA) is 136 Å². The Morgan fingerprint density at radius 1 is 0.970 bits per heavy atom. The van der Waals surface area contributed by atoms with Crippen LogP contribution in [-0.2, 0) is 14.2 Å². The van der Waals surface area contributed by atoms with Crippen molar-refractivity contribution in [3.05, 3.63) is 88.6 Å². The van der Waals surface area contributed by atoms with Gasteiger partial charge in [0.15, 0.2) is 18.4 Å². The third-order valence-electron chi connectivity index (χ3n) is 5.21. The first kappa shape index (κ1) is 22.2. The van der Waals surface area contributed by atoms with Crippen molar-refractivity contribution in [1.29, 1.82) is 0 Å². The molecule has 0 radical (unpaired) electrons. The molecule has 0 saturated carbocycles. The average Bonchev–Trinajstić information content (AvgIpc) is 3.16. The maximum atomic E-state index is 12.9. The second kappa shape index (κ2) is 9.61. The summed E-state index contributed by atoms with van der Waals surface area (Å²) >= 11 is 0. The van der Waals surface area contributed by atoms with Gasteiger partial charge in [0.05, 0.1) is 11.1 Å². The molecule has 1 unspecified atom stereocenters. The first-order chi connectivity index (χ1) is 16.0. The van der Waals surface area contributed by atoms with Gasteiger partial charge in [-0.25, -0.2) is 19.4 Å². The summed E-state index contributed by atoms with van der Waals surface area (Å²) in [5, 5.41) is 0. The van der Waals surface area contributed by atoms with E-state index in [2.05, 4.69) is 9.97 Å². The number of carbonyl (C=O) groups excluding carboxylic acids is 2. The fraction of sp³-hybridized carbons (Fsp3) is 0.261. The van der Waals surface area contributed by atoms with Gasteiger partial charge < -0.3 is 19.9 Å². The molecule has 1 fully saturated rings. The van der Waals surface area contributed by atoms with E-state index < -0.39 is 42.2 Å². The van der Waals surface area contributed by atoms with Gasteiger partial charge in [0.1, 0.15) is 12.4 Å². The molecule has 0 aliphatic carbocycles. The molecule has 10 heteroatoms. The van der Waals surface area contributed by atoms with Crippen LogP contribution in [0.5, 0.6) is 0 Å². The molecule has 4 atom stereocenters. The Kier molecular flexibility index (Phi) is 6.45. The van der Waals surface area contributed by atoms with E-state index in [-0.39, 0.29) is 5.95 Å². The normalized spacial score (nSPS) is 22.0. The summed E-state index contributed by atoms with van der Waals surface area (Å²) in [6, 6.07) is 16.7. The summed E-state index contributed by atoms with van der Waals surface area (Å²) in [7, 11) is 0. The van der Waals surface area contributed by atoms with Crippen LogP contribution in [0, 0.1) is 0 Å². The van der Waals surface area contributed by atoms with Crippen molar-refractivity contribution in [2.45, 2.75) is 37.9 Å². The van der Waals surface area contributed by atoms with E-state index in [1.165, 1.54) is 0 Å². The number of aromatic nitrogens is 3. The first-order valence-corrected chi connectivity index (χ1v) is 10.4. The standard InChI is InChI=1S/C23H22N4O6/c1-2-16-17(32-20(28)14-9-5-3-6-10-14)18(33-21(29)15-11-7-4-8-12-15)19(31-16)27-13-25-22(24)26-23(27)30/h3-13,16-19H,2H2,1H3,(H2,24,26,30)/t16-,17-,18?,19-/m1/s1. The summed E-state index contributed by atoms with van der Waals surface area (Å²) in [6.45, 7) is 1.83. The Hall–Kier alpha value is -4.05. The number of rotatable bonds is 6. The summed E-state index contributed by atoms with van der Waals surface area (Å²) < 4.78 is 18.6. The van der Waals surface area contributed by atoms with Gasteiger partial charge in [0, 0.05) is 0 Å². The minimum Gasteiger partial charge on any atom is -0.452 e. The van der Waals surface area contributed by atoms with Crippen LogP contribution in [0.2, 0.25) is 0 Å². The minimum atomic E-state index is -1.14. The number of nitrogens with two attached hydrogens (primary N) is 1. The van der Waals surface area contributed by atoms with Gasteiger partial charge in [-0.1, -0.05) is 43.3 Å². The molecule has 2 N–H and O–H groups in total. The van der Waals surface area contributed by atoms with Gasteiger partial charge in [0.25, 0.3) is 0 Å². The van der Waals surface area contributed by atoms with Crippen LogP contribution in [0.1, 0.15) is 40.3 Å². The number of hydrogen-bond acceptors (Lipinski definition) is 9. The molecule has 1 aliphatic rings. The van der Waals surface area contributed by atoms with Gasteiger partial charge >= 0.3 is 17.6 Å². The lowest BCUT2D eigenvalue weighted by molar-refractivity contribution is -0.0530. The second-order valence-corrected chi connectivity index (χ2v) is 7.35. The van der Waals surface area contributed by atoms with Crippen molar-refractivity contribution in [1.82, 2.24) is 14.5 Å². The van der Waals surface area contributed by atoms with Crippen molar-refractivity contribution in [3.63, 3.8) is 0 Å². The molecule has 2 aromatic carbocycles. The predicted molar refractivity (Wildman–Crippen MR) is 116 cm³/mol. The van der Waals surface area contributed by atoms with Gasteiger partial charge in [-0.3, -0.25) is 4.57 Å². The van der Waals surface area contributed by atoms with E-state index in [1.54, 1.807) is 60.7 Å². The summed E-state index contributed by atoms with van der Waals surface area (Å²) in [6.07, 6.45) is -2.31. The van der Waals surface area contributed by atoms with Crippen LogP contribution in [0.4, 0.5) is 5.95 Å². The molecular weight excluding hydrogens is 428 g/mol. The zero-order valence-electron chi connectivity index (χ0n) is 17.7. The molecule has 0 spiro atoms. The third kappa shape index (κ3) is 4.75. The lowest BCUT2D eigenvalue weighted by Gasteiger charge is -2.24. The number of anilines is 1. The largest absolute Gasteiger partial charge is 0.452 e. The van der Waals surface area contributed by atoms with Crippen molar-refractivity contribution >= 4 is 17.9 Å². The van der Waals surface area contributed by atoms with Gasteiger partial charge in [-0.15, -0.1) is 0 Å². The predicted octanol–water partition coefficient (Wildman–Crippen LogP) is 1.98. The molecule has 170 valence electrons. The number of hydrogen-bond donors (Lipinski definition) is 1. The lowest BCUT2D eigenvalue weighted by Crippen LogP contribution is -2.41. The molecule has 0 bridgehead atoms. The molecule has 33 heavy (non-hydrogen) atoms. The zero-order chi connectivity index (χ0) is 23.4. The molecule has 1 saturated heterocycles. The number of ether oxygens (including phenoxy) is 3. The fourth-order valence-electron chi connectivity index (χ4n) is 3.59. The molecule has 0 amide bonds. The summed E-state index contributed by atoms with van der Waals surface area (Å²) in [4.78, 5) is 45.6. The zero-order valence-corrected chi connectivity index (χ0v) is 17.7. The first-order valence-electron chi connectivity index (χ1n) is 10.4. The van der Waals surface area contributed by atoms with E-state index in [0.29, 0.717) is 17.5 Å². The van der Waals surface area contributed by atoms with Gasteiger partial charge in [-0.2, -0.15) is 4.98 Å². The summed E-state index contributed by atoms with van der Waals surface area (Å²) in [5.41, 5.74) is 5.39. The van der Waals surface area contributed by atoms with Crippen molar-refractivity contribution in [2.75, 3.05) is 5.73 Å². The van der Waals surface area contributed by atoms with Crippen LogP contribution >= 0.6 is 0 Å². The quantitative estimate of drug-likeness (QED) is 0.559. The Morgan fingerprint density at radius 3 is 2.03 bits per heavy atom. The van der Waals surface area contributed by atoms with Crippen LogP contribution in [0.25, 0.3) is 0 Å². The van der Waals surface area contributed by atoms with Gasteiger partial charge in [0.2, 0.25) is 5.95 Å². The number of nitrogen functional groups attached to an aromatic ring is 1. The maximum Gasteiger partial charge on any atom is 0.354 e. The van der Waals surface area contributed by atoms with E-state index >= 15 is 0 Å². The minimum absolute atomic E-state index is 0.203. The molecule has 1 aliphatic heterocycles. The lowest BCUT2D eigenvalue weighted by atomic mass is 10.1. The third-order valence-corrected chi connectivity index (χ3v) is 5.21. The number of carbonyl (C=O) groups is 2. The van der Waals surface area contributed by atoms with Crippen LogP contribution < -0.4 is 11.4 Å². The smallest absolute Gasteiger partial charge is 0.354 e. The second-order valence-electron chi connectivity index (χ2n) is 7.35. The molecular formula is C23H22N4O6. The summed E-state index contributed by atoms with van der Waals surface area (Å²) in [5.74, 6) is -1.47. The highest BCUT2D eigenvalue weighted by Gasteiger charge is 2.50. The molecule has 1 aromatic heterocycles. The highest BCUT2D eigenvalue weighted by molar-refractivity contribution is 5.90.